The van der Waals surface area contributed by atoms with E-state index in [-0.39, 0.29) is 5.78 Å². The van der Waals surface area contributed by atoms with Crippen LogP contribution in [0, 0.1) is 6.92 Å². The number of Topliss-reactive ketones (excluding diaryl/α,β-unsaturated/α-hetero) is 1. The summed E-state index contributed by atoms with van der Waals surface area (Å²) in [6.07, 6.45) is 0.696. The van der Waals surface area contributed by atoms with Crippen LogP contribution in [0.15, 0.2) is 18.2 Å². The summed E-state index contributed by atoms with van der Waals surface area (Å²) in [6, 6.07) is 5.16. The third kappa shape index (κ3) is 2.02. The van der Waals surface area contributed by atoms with Crippen molar-refractivity contribution in [2.45, 2.75) is 19.2 Å². The summed E-state index contributed by atoms with van der Waals surface area (Å²) in [5, 5.41) is -0.601. The molecular weight excluding hydrogens is 200 g/mol. The molecule has 0 bridgehead atoms. The number of ketones is 1. The second-order valence-electron chi connectivity index (χ2n) is 3.13. The van der Waals surface area contributed by atoms with Crippen LogP contribution in [-0.4, -0.2) is 17.4 Å². The van der Waals surface area contributed by atoms with Crippen LogP contribution in [0.4, 0.5) is 0 Å². The molecule has 0 aliphatic carbocycles. The number of rotatable bonds is 3. The Kier molecular flexibility index (Phi) is 3.42. The summed E-state index contributed by atoms with van der Waals surface area (Å²) in [5.41, 5.74) is 1.63. The van der Waals surface area contributed by atoms with E-state index in [1.54, 1.807) is 32.0 Å². The van der Waals surface area contributed by atoms with Crippen molar-refractivity contribution in [2.75, 3.05) is 0 Å². The first-order valence-corrected chi connectivity index (χ1v) is 4.74. The monoisotopic (exact) mass is 210 g/mol. The molecule has 0 fully saturated rings. The highest BCUT2D eigenvalue weighted by molar-refractivity contribution is 6.34. The quantitative estimate of drug-likeness (QED) is 0.437. The van der Waals surface area contributed by atoms with Gasteiger partial charge < -0.3 is 0 Å². The van der Waals surface area contributed by atoms with E-state index in [9.17, 15) is 9.59 Å². The normalized spacial score (nSPS) is 12.2. The number of aryl methyl sites for hydroxylation is 1. The van der Waals surface area contributed by atoms with E-state index in [2.05, 4.69) is 0 Å². The largest absolute Gasteiger partial charge is 0.298 e. The van der Waals surface area contributed by atoms with Crippen molar-refractivity contribution in [3.8, 4) is 0 Å². The molecule has 0 radical (unpaired) electrons. The van der Waals surface area contributed by atoms with E-state index in [1.165, 1.54) is 0 Å². The third-order valence-electron chi connectivity index (χ3n) is 2.07. The number of benzene rings is 1. The second kappa shape index (κ2) is 4.38. The SMILES string of the molecule is Cc1cccc(C(=O)C(C)Cl)c1C=O. The number of hydrogen-bond acceptors (Lipinski definition) is 2. The molecular formula is C11H11ClO2. The predicted octanol–water partition coefficient (Wildman–Crippen LogP) is 2.62. The van der Waals surface area contributed by atoms with Crippen molar-refractivity contribution < 1.29 is 9.59 Å². The topological polar surface area (TPSA) is 34.1 Å². The number of carbonyl (C=O) groups excluding carboxylic acids is 2. The average molecular weight is 211 g/mol. The van der Waals surface area contributed by atoms with Crippen LogP contribution in [-0.2, 0) is 0 Å². The summed E-state index contributed by atoms with van der Waals surface area (Å²) in [5.74, 6) is -0.211. The molecule has 0 aliphatic rings. The average Bonchev–Trinajstić information content (AvgIpc) is 2.16. The Morgan fingerprint density at radius 3 is 2.64 bits per heavy atom. The summed E-state index contributed by atoms with van der Waals surface area (Å²) in [7, 11) is 0. The number of carbonyl (C=O) groups is 2. The lowest BCUT2D eigenvalue weighted by Crippen LogP contribution is -2.13. The lowest BCUT2D eigenvalue weighted by atomic mass is 9.99. The van der Waals surface area contributed by atoms with E-state index < -0.39 is 5.38 Å². The fraction of sp³-hybridized carbons (Fsp3) is 0.273. The standard InChI is InChI=1S/C11H11ClO2/c1-7-4-3-5-9(10(7)6-13)11(14)8(2)12/h3-6,8H,1-2H3. The number of aldehydes is 1. The Morgan fingerprint density at radius 2 is 2.14 bits per heavy atom. The molecule has 0 saturated heterocycles. The van der Waals surface area contributed by atoms with Crippen LogP contribution in [0.3, 0.4) is 0 Å². The molecule has 1 unspecified atom stereocenters. The van der Waals surface area contributed by atoms with E-state index in [1.807, 2.05) is 0 Å². The first-order chi connectivity index (χ1) is 6.57. The molecule has 0 aromatic heterocycles. The lowest BCUT2D eigenvalue weighted by molar-refractivity contribution is 0.0985. The second-order valence-corrected chi connectivity index (χ2v) is 3.79. The maximum Gasteiger partial charge on any atom is 0.181 e. The number of alkyl halides is 1. The molecule has 0 heterocycles. The zero-order valence-electron chi connectivity index (χ0n) is 8.08. The highest BCUT2D eigenvalue weighted by Crippen LogP contribution is 2.15. The molecule has 0 N–H and O–H groups in total. The molecule has 0 spiro atoms. The van der Waals surface area contributed by atoms with E-state index in [0.717, 1.165) is 5.56 Å². The van der Waals surface area contributed by atoms with Gasteiger partial charge in [0.1, 0.15) is 0 Å². The summed E-state index contributed by atoms with van der Waals surface area (Å²) in [4.78, 5) is 22.4. The van der Waals surface area contributed by atoms with Crippen LogP contribution in [0.5, 0.6) is 0 Å². The van der Waals surface area contributed by atoms with Gasteiger partial charge in [0.15, 0.2) is 12.1 Å². The highest BCUT2D eigenvalue weighted by Gasteiger charge is 2.16. The molecule has 1 aromatic carbocycles. The first kappa shape index (κ1) is 10.9. The molecule has 1 atom stereocenters. The van der Waals surface area contributed by atoms with Crippen molar-refractivity contribution in [3.63, 3.8) is 0 Å². The fourth-order valence-corrected chi connectivity index (χ4v) is 1.38. The van der Waals surface area contributed by atoms with Crippen molar-refractivity contribution >= 4 is 23.7 Å². The Hall–Kier alpha value is -1.15. The Labute approximate surface area is 87.9 Å². The van der Waals surface area contributed by atoms with Crippen LogP contribution in [0.25, 0.3) is 0 Å². The zero-order valence-corrected chi connectivity index (χ0v) is 8.84. The van der Waals surface area contributed by atoms with Gasteiger partial charge in [-0.25, -0.2) is 0 Å². The van der Waals surface area contributed by atoms with Gasteiger partial charge in [0.25, 0.3) is 0 Å². The van der Waals surface area contributed by atoms with Gasteiger partial charge in [-0.15, -0.1) is 11.6 Å². The van der Waals surface area contributed by atoms with Crippen LogP contribution in [0.1, 0.15) is 33.2 Å². The molecule has 74 valence electrons. The van der Waals surface area contributed by atoms with Gasteiger partial charge in [0.2, 0.25) is 0 Å². The molecule has 14 heavy (non-hydrogen) atoms. The van der Waals surface area contributed by atoms with E-state index >= 15 is 0 Å². The van der Waals surface area contributed by atoms with Gasteiger partial charge in [0.05, 0.1) is 5.38 Å². The van der Waals surface area contributed by atoms with Crippen molar-refractivity contribution in [1.82, 2.24) is 0 Å². The zero-order chi connectivity index (χ0) is 10.7. The van der Waals surface area contributed by atoms with Crippen LogP contribution in [0.2, 0.25) is 0 Å². The Balaban J connectivity index is 3.27. The Morgan fingerprint density at radius 1 is 1.50 bits per heavy atom. The lowest BCUT2D eigenvalue weighted by Gasteiger charge is -2.07. The maximum atomic E-state index is 11.6. The van der Waals surface area contributed by atoms with Gasteiger partial charge in [-0.05, 0) is 19.4 Å². The Bertz CT molecular complexity index is 370. The minimum absolute atomic E-state index is 0.211. The highest BCUT2D eigenvalue weighted by atomic mass is 35.5. The van der Waals surface area contributed by atoms with Crippen LogP contribution >= 0.6 is 11.6 Å². The van der Waals surface area contributed by atoms with Gasteiger partial charge in [0, 0.05) is 11.1 Å². The van der Waals surface area contributed by atoms with Gasteiger partial charge in [-0.2, -0.15) is 0 Å². The van der Waals surface area contributed by atoms with Gasteiger partial charge >= 0.3 is 0 Å². The molecule has 1 rings (SSSR count). The smallest absolute Gasteiger partial charge is 0.181 e. The number of hydrogen-bond donors (Lipinski definition) is 0. The van der Waals surface area contributed by atoms with E-state index in [0.29, 0.717) is 17.4 Å². The third-order valence-corrected chi connectivity index (χ3v) is 2.27. The van der Waals surface area contributed by atoms with Crippen molar-refractivity contribution in [3.05, 3.63) is 34.9 Å². The molecule has 2 nitrogen and oxygen atoms in total. The van der Waals surface area contributed by atoms with Crippen LogP contribution < -0.4 is 0 Å². The fourth-order valence-electron chi connectivity index (χ4n) is 1.27. The van der Waals surface area contributed by atoms with Crippen molar-refractivity contribution in [1.29, 1.82) is 0 Å². The molecule has 1 aromatic rings. The summed E-state index contributed by atoms with van der Waals surface area (Å²) >= 11 is 5.68. The maximum absolute atomic E-state index is 11.6. The summed E-state index contributed by atoms with van der Waals surface area (Å²) < 4.78 is 0. The molecule has 3 heteroatoms. The molecule has 0 saturated carbocycles. The predicted molar refractivity (Wildman–Crippen MR) is 56.2 cm³/mol. The van der Waals surface area contributed by atoms with E-state index in [4.69, 9.17) is 11.6 Å². The van der Waals surface area contributed by atoms with Gasteiger partial charge in [-0.1, -0.05) is 18.2 Å². The minimum atomic E-state index is -0.601. The number of halogens is 1. The van der Waals surface area contributed by atoms with Crippen molar-refractivity contribution in [2.24, 2.45) is 0 Å². The van der Waals surface area contributed by atoms with Gasteiger partial charge in [-0.3, -0.25) is 9.59 Å². The summed E-state index contributed by atoms with van der Waals surface area (Å²) in [6.45, 7) is 3.39. The minimum Gasteiger partial charge on any atom is -0.298 e. The molecule has 0 aliphatic heterocycles. The first-order valence-electron chi connectivity index (χ1n) is 4.31. The molecule has 0 amide bonds.